The smallest absolute Gasteiger partial charge is 0.168 e. The van der Waals surface area contributed by atoms with Crippen LogP contribution in [0.15, 0.2) is 0 Å². The fourth-order valence-electron chi connectivity index (χ4n) is 0. The summed E-state index contributed by atoms with van der Waals surface area (Å²) >= 11 is 8.79. The summed E-state index contributed by atoms with van der Waals surface area (Å²) in [6.45, 7) is 0. The van der Waals surface area contributed by atoms with Gasteiger partial charge in [0.1, 0.15) is 0 Å². The first-order chi connectivity index (χ1) is 4.36. The van der Waals surface area contributed by atoms with Crippen LogP contribution in [0.2, 0.25) is 0 Å². The third kappa shape index (κ3) is 12.0. The number of hydrogen-bond acceptors (Lipinski definition) is 1. The lowest BCUT2D eigenvalue weighted by molar-refractivity contribution is -0.115. The van der Waals surface area contributed by atoms with Gasteiger partial charge in [-0.2, -0.15) is 13.2 Å². The Morgan fingerprint density at radius 1 is 1.10 bits per heavy atom. The van der Waals surface area contributed by atoms with E-state index in [9.17, 15) is 13.2 Å². The van der Waals surface area contributed by atoms with Gasteiger partial charge in [-0.25, -0.2) is 0 Å². The summed E-state index contributed by atoms with van der Waals surface area (Å²) in [6.07, 6.45) is -4.47. The molecule has 0 aliphatic heterocycles. The fourth-order valence-corrected chi connectivity index (χ4v) is 0. The van der Waals surface area contributed by atoms with Gasteiger partial charge >= 0.3 is 6.18 Å². The molecule has 0 unspecified atom stereocenters. The molecule has 0 saturated heterocycles. The molecule has 0 radical (unpaired) electrons. The lowest BCUT2D eigenvalue weighted by atomic mass is 10.8. The SMILES string of the molecule is ClSCl.FC(F)(F)C(Cl)Cl. The first kappa shape index (κ1) is 13.9. The monoisotopic (exact) mass is 254 g/mol. The summed E-state index contributed by atoms with van der Waals surface area (Å²) < 4.78 is 32.7. The van der Waals surface area contributed by atoms with E-state index in [-0.39, 0.29) is 0 Å². The minimum absolute atomic E-state index is 0.694. The highest BCUT2D eigenvalue weighted by Crippen LogP contribution is 2.26. The molecule has 0 aromatic carbocycles. The van der Waals surface area contributed by atoms with Crippen molar-refractivity contribution in [2.24, 2.45) is 0 Å². The zero-order valence-electron chi connectivity index (χ0n) is 4.13. The van der Waals surface area contributed by atoms with Crippen LogP contribution in [0, 0.1) is 0 Å². The minimum atomic E-state index is -4.47. The van der Waals surface area contributed by atoms with Gasteiger partial charge in [-0.15, -0.1) is 0 Å². The molecule has 0 heterocycles. The molecule has 0 rings (SSSR count). The summed E-state index contributed by atoms with van der Waals surface area (Å²) in [5, 5.41) is 0. The van der Waals surface area contributed by atoms with E-state index in [1.54, 1.807) is 0 Å². The van der Waals surface area contributed by atoms with Gasteiger partial charge in [-0.1, -0.05) is 23.2 Å². The standard InChI is InChI=1S/C2HCl2F3.Cl2S/c3-1(4)2(5,6)7;1-3-2/h1H;. The van der Waals surface area contributed by atoms with Crippen molar-refractivity contribution in [3.8, 4) is 0 Å². The molecule has 10 heavy (non-hydrogen) atoms. The lowest BCUT2D eigenvalue weighted by Gasteiger charge is -2.03. The van der Waals surface area contributed by atoms with Gasteiger partial charge in [0.05, 0.1) is 10.2 Å². The Kier molecular flexibility index (Phi) is 9.67. The van der Waals surface area contributed by atoms with Crippen LogP contribution >= 0.6 is 54.8 Å². The van der Waals surface area contributed by atoms with Gasteiger partial charge in [0, 0.05) is 0 Å². The Balaban J connectivity index is 0. The lowest BCUT2D eigenvalue weighted by Crippen LogP contribution is -2.16. The summed E-state index contributed by atoms with van der Waals surface area (Å²) in [4.78, 5) is -2.26. The quantitative estimate of drug-likeness (QED) is 0.579. The molecule has 0 aromatic rings. The predicted molar refractivity (Wildman–Crippen MR) is 40.8 cm³/mol. The number of rotatable bonds is 0. The predicted octanol–water partition coefficient (Wildman–Crippen LogP) is 4.38. The van der Waals surface area contributed by atoms with Crippen molar-refractivity contribution in [3.05, 3.63) is 0 Å². The molecule has 64 valence electrons. The zero-order chi connectivity index (χ0) is 8.78. The van der Waals surface area contributed by atoms with Crippen molar-refractivity contribution in [3.63, 3.8) is 0 Å². The second-order valence-corrected chi connectivity index (χ2v) is 3.51. The first-order valence-electron chi connectivity index (χ1n) is 1.60. The van der Waals surface area contributed by atoms with Crippen LogP contribution in [0.4, 0.5) is 13.2 Å². The van der Waals surface area contributed by atoms with Gasteiger partial charge in [-0.3, -0.25) is 0 Å². The average molecular weight is 256 g/mol. The minimum Gasteiger partial charge on any atom is -0.168 e. The average Bonchev–Trinajstić information content (AvgIpc) is 1.64. The van der Waals surface area contributed by atoms with Gasteiger partial charge in [0.2, 0.25) is 4.84 Å². The Morgan fingerprint density at radius 3 is 1.20 bits per heavy atom. The Morgan fingerprint density at radius 2 is 1.20 bits per heavy atom. The maximum atomic E-state index is 10.9. The van der Waals surface area contributed by atoms with Gasteiger partial charge in [0.15, 0.2) is 0 Å². The zero-order valence-corrected chi connectivity index (χ0v) is 7.97. The van der Waals surface area contributed by atoms with Crippen LogP contribution in [0.3, 0.4) is 0 Å². The molecule has 0 bridgehead atoms. The van der Waals surface area contributed by atoms with E-state index in [1.165, 1.54) is 0 Å². The van der Waals surface area contributed by atoms with Crippen LogP contribution in [0.5, 0.6) is 0 Å². The first-order valence-corrected chi connectivity index (χ1v) is 4.94. The van der Waals surface area contributed by atoms with Crippen LogP contribution < -0.4 is 0 Å². The molecule has 0 spiro atoms. The number of alkyl halides is 5. The maximum absolute atomic E-state index is 10.9. The second kappa shape index (κ2) is 6.98. The molecular formula is C2HCl4F3S. The van der Waals surface area contributed by atoms with Crippen LogP contribution in [-0.2, 0) is 0 Å². The maximum Gasteiger partial charge on any atom is 0.418 e. The third-order valence-corrected chi connectivity index (χ3v) is 0.742. The Hall–Kier alpha value is 1.30. The van der Waals surface area contributed by atoms with E-state index in [1.807, 2.05) is 0 Å². The number of hydrogen-bond donors (Lipinski definition) is 0. The molecule has 8 heteroatoms. The van der Waals surface area contributed by atoms with Crippen molar-refractivity contribution in [2.75, 3.05) is 0 Å². The highest BCUT2D eigenvalue weighted by molar-refractivity contribution is 8.38. The van der Waals surface area contributed by atoms with Crippen LogP contribution in [0.25, 0.3) is 0 Å². The van der Waals surface area contributed by atoms with Crippen molar-refractivity contribution >= 4 is 54.8 Å². The van der Waals surface area contributed by atoms with E-state index in [0.29, 0.717) is 10.2 Å². The molecule has 0 aromatic heterocycles. The highest BCUT2D eigenvalue weighted by atomic mass is 36.0. The van der Waals surface area contributed by atoms with Crippen LogP contribution in [0.1, 0.15) is 0 Å². The Labute approximate surface area is 79.0 Å². The van der Waals surface area contributed by atoms with Crippen molar-refractivity contribution < 1.29 is 13.2 Å². The molecule has 0 saturated carbocycles. The van der Waals surface area contributed by atoms with E-state index in [2.05, 4.69) is 44.6 Å². The van der Waals surface area contributed by atoms with Crippen molar-refractivity contribution in [1.82, 2.24) is 0 Å². The Bertz CT molecular complexity index is 73.4. The molecule has 0 aliphatic carbocycles. The molecule has 0 atom stereocenters. The van der Waals surface area contributed by atoms with E-state index >= 15 is 0 Å². The molecular weight excluding hydrogens is 255 g/mol. The summed E-state index contributed by atoms with van der Waals surface area (Å²) in [6, 6.07) is 0. The fraction of sp³-hybridized carbons (Fsp3) is 1.00. The summed E-state index contributed by atoms with van der Waals surface area (Å²) in [5.74, 6) is 0. The van der Waals surface area contributed by atoms with Gasteiger partial charge in [0.25, 0.3) is 0 Å². The molecule has 0 N–H and O–H groups in total. The normalized spacial score (nSPS) is 10.8. The molecule has 0 amide bonds. The summed E-state index contributed by atoms with van der Waals surface area (Å²) in [5.41, 5.74) is 0. The van der Waals surface area contributed by atoms with Crippen molar-refractivity contribution in [1.29, 1.82) is 0 Å². The van der Waals surface area contributed by atoms with Gasteiger partial charge < -0.3 is 0 Å². The molecule has 0 fully saturated rings. The number of halogens is 7. The topological polar surface area (TPSA) is 0 Å². The van der Waals surface area contributed by atoms with Crippen LogP contribution in [-0.4, -0.2) is 11.0 Å². The summed E-state index contributed by atoms with van der Waals surface area (Å²) in [7, 11) is 10.1. The van der Waals surface area contributed by atoms with E-state index in [4.69, 9.17) is 0 Å². The highest BCUT2D eigenvalue weighted by Gasteiger charge is 2.36. The largest absolute Gasteiger partial charge is 0.418 e. The molecule has 0 nitrogen and oxygen atoms in total. The van der Waals surface area contributed by atoms with E-state index in [0.717, 1.165) is 0 Å². The van der Waals surface area contributed by atoms with E-state index < -0.39 is 11.0 Å². The van der Waals surface area contributed by atoms with Crippen molar-refractivity contribution in [2.45, 2.75) is 11.0 Å². The molecule has 0 aliphatic rings. The second-order valence-electron chi connectivity index (χ2n) is 0.901. The van der Waals surface area contributed by atoms with Gasteiger partial charge in [-0.05, 0) is 21.4 Å². The third-order valence-electron chi connectivity index (χ3n) is 0.247.